The van der Waals surface area contributed by atoms with Crippen molar-refractivity contribution in [3.63, 3.8) is 0 Å². The van der Waals surface area contributed by atoms with E-state index in [1.807, 2.05) is 12.1 Å². The normalized spacial score (nSPS) is 10.7. The van der Waals surface area contributed by atoms with Crippen LogP contribution in [0.25, 0.3) is 11.0 Å². The first-order chi connectivity index (χ1) is 6.22. The van der Waals surface area contributed by atoms with E-state index in [0.29, 0.717) is 5.88 Å². The van der Waals surface area contributed by atoms with Crippen LogP contribution in [0.4, 0.5) is 0 Å². The third kappa shape index (κ3) is 1.63. The summed E-state index contributed by atoms with van der Waals surface area (Å²) >= 11 is 4.53. The monoisotopic (exact) mass is 400 g/mol. The van der Waals surface area contributed by atoms with E-state index in [2.05, 4.69) is 55.1 Å². The quantitative estimate of drug-likeness (QED) is 0.749. The topological polar surface area (TPSA) is 37.9 Å². The first kappa shape index (κ1) is 9.50. The van der Waals surface area contributed by atoms with Crippen LogP contribution in [0.3, 0.4) is 0 Å². The molecule has 2 aromatic heterocycles. The van der Waals surface area contributed by atoms with Gasteiger partial charge in [0.15, 0.2) is 0 Å². The highest BCUT2D eigenvalue weighted by Gasteiger charge is 2.08. The van der Waals surface area contributed by atoms with Crippen LogP contribution in [0, 0.1) is 7.27 Å². The summed E-state index contributed by atoms with van der Waals surface area (Å²) in [5.41, 5.74) is 2.03. The predicted molar refractivity (Wildman–Crippen MR) is 68.1 cm³/mol. The summed E-state index contributed by atoms with van der Waals surface area (Å²) in [6.07, 6.45) is 0. The standard InChI is InChI=1S/C8H6I2N2O/c1-13-5-3-2-4-7(12-5)6(9)8(10)11-4/h2-3,11H,1H3. The molecule has 0 unspecified atom stereocenters. The van der Waals surface area contributed by atoms with Gasteiger partial charge in [-0.3, -0.25) is 0 Å². The number of ether oxygens (including phenoxy) is 1. The summed E-state index contributed by atoms with van der Waals surface area (Å²) in [5.74, 6) is 0.654. The van der Waals surface area contributed by atoms with Crippen molar-refractivity contribution in [2.24, 2.45) is 0 Å². The minimum Gasteiger partial charge on any atom is -0.481 e. The van der Waals surface area contributed by atoms with Gasteiger partial charge in [0.1, 0.15) is 5.52 Å². The summed E-state index contributed by atoms with van der Waals surface area (Å²) in [5, 5.41) is 0. The van der Waals surface area contributed by atoms with Gasteiger partial charge in [-0.25, -0.2) is 4.98 Å². The van der Waals surface area contributed by atoms with E-state index >= 15 is 0 Å². The molecule has 5 heteroatoms. The van der Waals surface area contributed by atoms with Crippen molar-refractivity contribution < 1.29 is 4.74 Å². The molecule has 0 amide bonds. The number of H-pyrrole nitrogens is 1. The Morgan fingerprint density at radius 2 is 2.15 bits per heavy atom. The highest BCUT2D eigenvalue weighted by molar-refractivity contribution is 14.1. The number of hydrogen-bond acceptors (Lipinski definition) is 2. The average Bonchev–Trinajstić information content (AvgIpc) is 2.43. The third-order valence-electron chi connectivity index (χ3n) is 1.72. The molecule has 0 aliphatic rings. The van der Waals surface area contributed by atoms with E-state index in [0.717, 1.165) is 18.3 Å². The lowest BCUT2D eigenvalue weighted by Gasteiger charge is -1.96. The second-order valence-electron chi connectivity index (χ2n) is 2.50. The Kier molecular flexibility index (Phi) is 2.63. The molecule has 0 fully saturated rings. The van der Waals surface area contributed by atoms with Gasteiger partial charge in [-0.05, 0) is 51.2 Å². The Hall–Kier alpha value is -0.0500. The zero-order valence-corrected chi connectivity index (χ0v) is 11.1. The van der Waals surface area contributed by atoms with Crippen molar-refractivity contribution in [2.45, 2.75) is 0 Å². The Morgan fingerprint density at radius 3 is 2.85 bits per heavy atom. The molecule has 2 rings (SSSR count). The molecule has 3 nitrogen and oxygen atoms in total. The van der Waals surface area contributed by atoms with Gasteiger partial charge in [0.05, 0.1) is 19.9 Å². The van der Waals surface area contributed by atoms with Gasteiger partial charge in [-0.1, -0.05) is 0 Å². The molecule has 1 N–H and O–H groups in total. The van der Waals surface area contributed by atoms with Crippen molar-refractivity contribution in [1.29, 1.82) is 0 Å². The van der Waals surface area contributed by atoms with Crippen molar-refractivity contribution in [1.82, 2.24) is 9.97 Å². The van der Waals surface area contributed by atoms with Crippen LogP contribution in [0.2, 0.25) is 0 Å². The number of nitrogens with zero attached hydrogens (tertiary/aromatic N) is 1. The van der Waals surface area contributed by atoms with Crippen LogP contribution in [-0.4, -0.2) is 17.1 Å². The first-order valence-corrected chi connectivity index (χ1v) is 5.76. The zero-order chi connectivity index (χ0) is 9.42. The Balaban J connectivity index is 2.75. The lowest BCUT2D eigenvalue weighted by molar-refractivity contribution is 0.399. The molecule has 2 heterocycles. The maximum absolute atomic E-state index is 5.06. The predicted octanol–water partition coefficient (Wildman–Crippen LogP) is 2.78. The van der Waals surface area contributed by atoms with Crippen LogP contribution >= 0.6 is 45.2 Å². The van der Waals surface area contributed by atoms with Crippen LogP contribution in [-0.2, 0) is 0 Å². The largest absolute Gasteiger partial charge is 0.481 e. The average molecular weight is 400 g/mol. The van der Waals surface area contributed by atoms with Gasteiger partial charge in [-0.2, -0.15) is 0 Å². The fraction of sp³-hybridized carbons (Fsp3) is 0.125. The highest BCUT2D eigenvalue weighted by atomic mass is 127. The maximum Gasteiger partial charge on any atom is 0.213 e. The lowest BCUT2D eigenvalue weighted by Crippen LogP contribution is -1.86. The molecule has 0 aliphatic heterocycles. The van der Waals surface area contributed by atoms with Gasteiger partial charge >= 0.3 is 0 Å². The fourth-order valence-electron chi connectivity index (χ4n) is 1.10. The van der Waals surface area contributed by atoms with Crippen LogP contribution < -0.4 is 4.74 Å². The molecule has 0 saturated carbocycles. The second kappa shape index (κ2) is 3.60. The van der Waals surface area contributed by atoms with E-state index in [1.54, 1.807) is 7.11 Å². The second-order valence-corrected chi connectivity index (χ2v) is 4.66. The molecule has 2 aromatic rings. The van der Waals surface area contributed by atoms with Gasteiger partial charge in [0.25, 0.3) is 0 Å². The lowest BCUT2D eigenvalue weighted by atomic mass is 10.4. The summed E-state index contributed by atoms with van der Waals surface area (Å²) < 4.78 is 7.32. The van der Waals surface area contributed by atoms with Crippen LogP contribution in [0.1, 0.15) is 0 Å². The van der Waals surface area contributed by atoms with E-state index in [4.69, 9.17) is 4.74 Å². The van der Waals surface area contributed by atoms with E-state index in [1.165, 1.54) is 0 Å². The molecule has 0 bridgehead atoms. The SMILES string of the molecule is COc1ccc2[nH]c(I)c(I)c2n1. The van der Waals surface area contributed by atoms with Crippen molar-refractivity contribution in [3.05, 3.63) is 19.4 Å². The minimum atomic E-state index is 0.654. The van der Waals surface area contributed by atoms with Crippen molar-refractivity contribution in [2.75, 3.05) is 7.11 Å². The molecular weight excluding hydrogens is 394 g/mol. The number of nitrogens with one attached hydrogen (secondary N) is 1. The van der Waals surface area contributed by atoms with Gasteiger partial charge in [-0.15, -0.1) is 0 Å². The summed E-state index contributed by atoms with van der Waals surface area (Å²) in [6, 6.07) is 3.83. The number of methoxy groups -OCH3 is 1. The number of fused-ring (bicyclic) bond motifs is 1. The van der Waals surface area contributed by atoms with E-state index < -0.39 is 0 Å². The number of rotatable bonds is 1. The molecule has 13 heavy (non-hydrogen) atoms. The Bertz CT molecular complexity index is 453. The molecular formula is C8H6I2N2O. The molecule has 0 atom stereocenters. The number of pyridine rings is 1. The first-order valence-electron chi connectivity index (χ1n) is 3.60. The Morgan fingerprint density at radius 1 is 1.38 bits per heavy atom. The highest BCUT2D eigenvalue weighted by Crippen LogP contribution is 2.25. The molecule has 0 radical (unpaired) electrons. The molecule has 0 saturated heterocycles. The number of aromatic nitrogens is 2. The zero-order valence-electron chi connectivity index (χ0n) is 6.77. The van der Waals surface area contributed by atoms with Gasteiger partial charge < -0.3 is 9.72 Å². The third-order valence-corrected chi connectivity index (χ3v) is 4.62. The minimum absolute atomic E-state index is 0.654. The maximum atomic E-state index is 5.06. The molecule has 0 aromatic carbocycles. The summed E-state index contributed by atoms with van der Waals surface area (Å²) in [6.45, 7) is 0. The van der Waals surface area contributed by atoms with Gasteiger partial charge in [0, 0.05) is 6.07 Å². The fourth-order valence-corrected chi connectivity index (χ4v) is 2.19. The summed E-state index contributed by atoms with van der Waals surface area (Å²) in [4.78, 5) is 7.59. The smallest absolute Gasteiger partial charge is 0.213 e. The molecule has 68 valence electrons. The molecule has 0 spiro atoms. The summed E-state index contributed by atoms with van der Waals surface area (Å²) in [7, 11) is 1.62. The van der Waals surface area contributed by atoms with E-state index in [9.17, 15) is 0 Å². The van der Waals surface area contributed by atoms with E-state index in [-0.39, 0.29) is 0 Å². The van der Waals surface area contributed by atoms with Crippen LogP contribution in [0.5, 0.6) is 5.88 Å². The van der Waals surface area contributed by atoms with Crippen molar-refractivity contribution >= 4 is 56.2 Å². The number of aromatic amines is 1. The van der Waals surface area contributed by atoms with Gasteiger partial charge in [0.2, 0.25) is 5.88 Å². The van der Waals surface area contributed by atoms with Crippen LogP contribution in [0.15, 0.2) is 12.1 Å². The number of hydrogen-bond donors (Lipinski definition) is 1. The molecule has 0 aliphatic carbocycles. The Labute approximate surface area is 103 Å². The van der Waals surface area contributed by atoms with Crippen molar-refractivity contribution in [3.8, 4) is 5.88 Å². The number of halogens is 2.